The molecule has 0 bridgehead atoms. The second-order valence-electron chi connectivity index (χ2n) is 5.60. The van der Waals surface area contributed by atoms with E-state index < -0.39 is 4.92 Å². The molecule has 0 spiro atoms. The van der Waals surface area contributed by atoms with Crippen LogP contribution in [-0.2, 0) is 0 Å². The average molecular weight is 263 g/mol. The summed E-state index contributed by atoms with van der Waals surface area (Å²) < 4.78 is 0. The standard InChI is InChI=1S/C14H21N3O2/c1-10(2)12-5-3-4-6-13(12)16-14-8-7-11(9-15-14)17(18)19/h7-10,12-13H,3-6H2,1-2H3,(H,15,16). The molecule has 1 aromatic rings. The number of nitrogens with zero attached hydrogens (tertiary/aromatic N) is 2. The number of rotatable bonds is 4. The van der Waals surface area contributed by atoms with Crippen LogP contribution in [0.25, 0.3) is 0 Å². The summed E-state index contributed by atoms with van der Waals surface area (Å²) in [5.41, 5.74) is 0.0367. The molecule has 1 saturated carbocycles. The second kappa shape index (κ2) is 5.99. The molecule has 19 heavy (non-hydrogen) atoms. The molecule has 2 rings (SSSR count). The van der Waals surface area contributed by atoms with Crippen molar-refractivity contribution in [3.63, 3.8) is 0 Å². The first-order chi connectivity index (χ1) is 9.08. The van der Waals surface area contributed by atoms with Crippen molar-refractivity contribution in [2.45, 2.75) is 45.6 Å². The Labute approximate surface area is 113 Å². The van der Waals surface area contributed by atoms with Crippen molar-refractivity contribution in [3.05, 3.63) is 28.4 Å². The lowest BCUT2D eigenvalue weighted by molar-refractivity contribution is -0.385. The molecule has 5 nitrogen and oxygen atoms in total. The van der Waals surface area contributed by atoms with Crippen molar-refractivity contribution in [2.75, 3.05) is 5.32 Å². The van der Waals surface area contributed by atoms with Crippen LogP contribution in [0.15, 0.2) is 18.3 Å². The summed E-state index contributed by atoms with van der Waals surface area (Å²) in [6.07, 6.45) is 6.27. The van der Waals surface area contributed by atoms with Crippen LogP contribution < -0.4 is 5.32 Å². The highest BCUT2D eigenvalue weighted by molar-refractivity contribution is 5.41. The number of nitro groups is 1. The third-order valence-corrected chi connectivity index (χ3v) is 3.97. The highest BCUT2D eigenvalue weighted by Gasteiger charge is 2.27. The minimum atomic E-state index is -0.422. The minimum absolute atomic E-state index is 0.0367. The van der Waals surface area contributed by atoms with Gasteiger partial charge in [0.15, 0.2) is 0 Å². The Morgan fingerprint density at radius 1 is 1.37 bits per heavy atom. The predicted molar refractivity (Wildman–Crippen MR) is 75.1 cm³/mol. The van der Waals surface area contributed by atoms with Gasteiger partial charge < -0.3 is 5.32 Å². The quantitative estimate of drug-likeness (QED) is 0.665. The largest absolute Gasteiger partial charge is 0.367 e. The first kappa shape index (κ1) is 13.8. The maximum Gasteiger partial charge on any atom is 0.287 e. The monoisotopic (exact) mass is 263 g/mol. The molecular weight excluding hydrogens is 242 g/mol. The topological polar surface area (TPSA) is 68.1 Å². The fraction of sp³-hybridized carbons (Fsp3) is 0.643. The van der Waals surface area contributed by atoms with Crippen molar-refractivity contribution in [3.8, 4) is 0 Å². The molecule has 1 aliphatic rings. The van der Waals surface area contributed by atoms with Gasteiger partial charge in [0.1, 0.15) is 12.0 Å². The number of anilines is 1. The third-order valence-electron chi connectivity index (χ3n) is 3.97. The van der Waals surface area contributed by atoms with E-state index >= 15 is 0 Å². The first-order valence-electron chi connectivity index (χ1n) is 6.95. The summed E-state index contributed by atoms with van der Waals surface area (Å²) in [7, 11) is 0. The maximum atomic E-state index is 10.6. The Balaban J connectivity index is 2.04. The van der Waals surface area contributed by atoms with Crippen molar-refractivity contribution in [1.29, 1.82) is 0 Å². The molecule has 0 amide bonds. The minimum Gasteiger partial charge on any atom is -0.367 e. The van der Waals surface area contributed by atoms with Gasteiger partial charge in [-0.2, -0.15) is 0 Å². The van der Waals surface area contributed by atoms with E-state index in [1.807, 2.05) is 0 Å². The Morgan fingerprint density at radius 2 is 2.11 bits per heavy atom. The number of nitrogens with one attached hydrogen (secondary N) is 1. The van der Waals surface area contributed by atoms with Gasteiger partial charge in [0.25, 0.3) is 5.69 Å². The van der Waals surface area contributed by atoms with Crippen LogP contribution in [0.2, 0.25) is 0 Å². The highest BCUT2D eigenvalue weighted by Crippen LogP contribution is 2.32. The van der Waals surface area contributed by atoms with E-state index in [1.165, 1.54) is 31.5 Å². The Kier molecular flexibility index (Phi) is 4.35. The van der Waals surface area contributed by atoms with Gasteiger partial charge >= 0.3 is 0 Å². The third kappa shape index (κ3) is 3.43. The van der Waals surface area contributed by atoms with Crippen LogP contribution in [-0.4, -0.2) is 15.9 Å². The number of hydrogen-bond acceptors (Lipinski definition) is 4. The van der Waals surface area contributed by atoms with E-state index in [4.69, 9.17) is 0 Å². The number of hydrogen-bond donors (Lipinski definition) is 1. The number of pyridine rings is 1. The Hall–Kier alpha value is -1.65. The molecule has 0 aliphatic heterocycles. The van der Waals surface area contributed by atoms with Gasteiger partial charge in [-0.15, -0.1) is 0 Å². The summed E-state index contributed by atoms with van der Waals surface area (Å²) in [5, 5.41) is 14.0. The van der Waals surface area contributed by atoms with Gasteiger partial charge in [-0.25, -0.2) is 4.98 Å². The second-order valence-corrected chi connectivity index (χ2v) is 5.60. The van der Waals surface area contributed by atoms with Gasteiger partial charge in [0.2, 0.25) is 0 Å². The van der Waals surface area contributed by atoms with Crippen molar-refractivity contribution < 1.29 is 4.92 Å². The zero-order valence-corrected chi connectivity index (χ0v) is 11.5. The Bertz CT molecular complexity index is 431. The molecule has 1 heterocycles. The van der Waals surface area contributed by atoms with E-state index in [0.29, 0.717) is 17.9 Å². The number of aromatic nitrogens is 1. The first-order valence-corrected chi connectivity index (χ1v) is 6.95. The van der Waals surface area contributed by atoms with Crippen molar-refractivity contribution in [1.82, 2.24) is 4.98 Å². The fourth-order valence-electron chi connectivity index (χ4n) is 2.91. The molecule has 0 radical (unpaired) electrons. The molecule has 2 atom stereocenters. The summed E-state index contributed by atoms with van der Waals surface area (Å²) in [6.45, 7) is 4.52. The normalized spacial score (nSPS) is 23.3. The van der Waals surface area contributed by atoms with Crippen LogP contribution >= 0.6 is 0 Å². The Morgan fingerprint density at radius 3 is 2.68 bits per heavy atom. The summed E-state index contributed by atoms with van der Waals surface area (Å²) >= 11 is 0. The SMILES string of the molecule is CC(C)C1CCCCC1Nc1ccc([N+](=O)[O-])cn1. The maximum absolute atomic E-state index is 10.6. The van der Waals surface area contributed by atoms with Gasteiger partial charge in [-0.05, 0) is 30.7 Å². The smallest absolute Gasteiger partial charge is 0.287 e. The van der Waals surface area contributed by atoms with Crippen molar-refractivity contribution >= 4 is 11.5 Å². The van der Waals surface area contributed by atoms with E-state index in [9.17, 15) is 10.1 Å². The lowest BCUT2D eigenvalue weighted by Gasteiger charge is -2.35. The van der Waals surface area contributed by atoms with Crippen molar-refractivity contribution in [2.24, 2.45) is 11.8 Å². The van der Waals surface area contributed by atoms with Crippen LogP contribution in [0.3, 0.4) is 0 Å². The van der Waals surface area contributed by atoms with Crippen LogP contribution in [0, 0.1) is 22.0 Å². The summed E-state index contributed by atoms with van der Waals surface area (Å²) in [4.78, 5) is 14.3. The molecule has 2 unspecified atom stereocenters. The summed E-state index contributed by atoms with van der Waals surface area (Å²) in [5.74, 6) is 2.05. The van der Waals surface area contributed by atoms with E-state index in [2.05, 4.69) is 24.1 Å². The molecule has 0 aromatic carbocycles. The zero-order chi connectivity index (χ0) is 13.8. The average Bonchev–Trinajstić information content (AvgIpc) is 2.39. The molecule has 0 saturated heterocycles. The zero-order valence-electron chi connectivity index (χ0n) is 11.5. The van der Waals surface area contributed by atoms with E-state index in [0.717, 1.165) is 12.2 Å². The lowest BCUT2D eigenvalue weighted by Crippen LogP contribution is -2.35. The lowest BCUT2D eigenvalue weighted by atomic mass is 9.78. The molecule has 1 fully saturated rings. The summed E-state index contributed by atoms with van der Waals surface area (Å²) in [6, 6.07) is 3.63. The molecule has 1 N–H and O–H groups in total. The van der Waals surface area contributed by atoms with Crippen LogP contribution in [0.4, 0.5) is 11.5 Å². The van der Waals surface area contributed by atoms with Gasteiger partial charge in [-0.3, -0.25) is 10.1 Å². The van der Waals surface area contributed by atoms with Gasteiger partial charge in [-0.1, -0.05) is 26.7 Å². The van der Waals surface area contributed by atoms with E-state index in [-0.39, 0.29) is 5.69 Å². The van der Waals surface area contributed by atoms with E-state index in [1.54, 1.807) is 6.07 Å². The molecule has 1 aliphatic carbocycles. The fourth-order valence-corrected chi connectivity index (χ4v) is 2.91. The van der Waals surface area contributed by atoms with Crippen LogP contribution in [0.5, 0.6) is 0 Å². The molecular formula is C14H21N3O2. The van der Waals surface area contributed by atoms with Gasteiger partial charge in [0.05, 0.1) is 4.92 Å². The highest BCUT2D eigenvalue weighted by atomic mass is 16.6. The predicted octanol–water partition coefficient (Wildman–Crippen LogP) is 3.62. The molecule has 104 valence electrons. The molecule has 1 aromatic heterocycles. The molecule has 5 heteroatoms. The van der Waals surface area contributed by atoms with Gasteiger partial charge in [0, 0.05) is 12.1 Å². The van der Waals surface area contributed by atoms with Crippen LogP contribution in [0.1, 0.15) is 39.5 Å².